The predicted octanol–water partition coefficient (Wildman–Crippen LogP) is 4.09. The van der Waals surface area contributed by atoms with Crippen molar-refractivity contribution in [1.29, 1.82) is 0 Å². The number of benzene rings is 2. The SMILES string of the molecule is CCCc1nc(N2CCN(Cc3ccccc3)CC2)c2cnn(-c3ccccc3)c2n1. The molecule has 0 amide bonds. The summed E-state index contributed by atoms with van der Waals surface area (Å²) in [7, 11) is 0. The summed E-state index contributed by atoms with van der Waals surface area (Å²) in [5, 5.41) is 5.70. The van der Waals surface area contributed by atoms with Gasteiger partial charge in [0.15, 0.2) is 5.65 Å². The summed E-state index contributed by atoms with van der Waals surface area (Å²) >= 11 is 0. The highest BCUT2D eigenvalue weighted by Gasteiger charge is 2.23. The quantitative estimate of drug-likeness (QED) is 0.477. The highest BCUT2D eigenvalue weighted by molar-refractivity contribution is 5.88. The minimum Gasteiger partial charge on any atom is -0.353 e. The second-order valence-corrected chi connectivity index (χ2v) is 8.09. The van der Waals surface area contributed by atoms with E-state index in [0.717, 1.165) is 73.9 Å². The first-order valence-electron chi connectivity index (χ1n) is 11.1. The van der Waals surface area contributed by atoms with Crippen molar-refractivity contribution in [3.8, 4) is 5.69 Å². The van der Waals surface area contributed by atoms with Crippen LogP contribution in [-0.4, -0.2) is 50.8 Å². The average Bonchev–Trinajstić information content (AvgIpc) is 3.25. The lowest BCUT2D eigenvalue weighted by Crippen LogP contribution is -2.46. The van der Waals surface area contributed by atoms with Crippen LogP contribution in [0, 0.1) is 0 Å². The number of hydrogen-bond acceptors (Lipinski definition) is 5. The van der Waals surface area contributed by atoms with Crippen molar-refractivity contribution < 1.29 is 0 Å². The molecule has 4 aromatic rings. The molecule has 5 rings (SSSR count). The van der Waals surface area contributed by atoms with Crippen LogP contribution in [0.4, 0.5) is 5.82 Å². The third kappa shape index (κ3) is 4.16. The normalized spacial score (nSPS) is 14.9. The van der Waals surface area contributed by atoms with Crippen molar-refractivity contribution in [1.82, 2.24) is 24.6 Å². The van der Waals surface area contributed by atoms with E-state index in [-0.39, 0.29) is 0 Å². The molecule has 1 saturated heterocycles. The van der Waals surface area contributed by atoms with Crippen LogP contribution < -0.4 is 4.90 Å². The Hall–Kier alpha value is -3.25. The maximum absolute atomic E-state index is 4.97. The molecule has 0 atom stereocenters. The lowest BCUT2D eigenvalue weighted by Gasteiger charge is -2.35. The van der Waals surface area contributed by atoms with Crippen LogP contribution in [-0.2, 0) is 13.0 Å². The molecule has 0 spiro atoms. The predicted molar refractivity (Wildman–Crippen MR) is 125 cm³/mol. The van der Waals surface area contributed by atoms with E-state index in [1.54, 1.807) is 0 Å². The van der Waals surface area contributed by atoms with E-state index in [0.29, 0.717) is 0 Å². The van der Waals surface area contributed by atoms with E-state index >= 15 is 0 Å². The summed E-state index contributed by atoms with van der Waals surface area (Å²) in [6, 6.07) is 20.9. The average molecular weight is 413 g/mol. The van der Waals surface area contributed by atoms with Gasteiger partial charge in [-0.3, -0.25) is 4.90 Å². The number of aryl methyl sites for hydroxylation is 1. The van der Waals surface area contributed by atoms with Crippen molar-refractivity contribution in [3.05, 3.63) is 78.2 Å². The lowest BCUT2D eigenvalue weighted by atomic mass is 10.2. The van der Waals surface area contributed by atoms with Gasteiger partial charge in [0.2, 0.25) is 0 Å². The van der Waals surface area contributed by atoms with Gasteiger partial charge in [-0.15, -0.1) is 0 Å². The molecular weight excluding hydrogens is 384 g/mol. The van der Waals surface area contributed by atoms with Crippen molar-refractivity contribution in [3.63, 3.8) is 0 Å². The Morgan fingerprint density at radius 1 is 0.839 bits per heavy atom. The first-order valence-corrected chi connectivity index (χ1v) is 11.1. The Bertz CT molecular complexity index is 1130. The molecule has 1 aliphatic rings. The number of piperazine rings is 1. The van der Waals surface area contributed by atoms with Crippen molar-refractivity contribution in [2.24, 2.45) is 0 Å². The van der Waals surface area contributed by atoms with Crippen molar-refractivity contribution >= 4 is 16.9 Å². The zero-order valence-electron chi connectivity index (χ0n) is 18.0. The monoisotopic (exact) mass is 412 g/mol. The van der Waals surface area contributed by atoms with Crippen LogP contribution in [0.15, 0.2) is 66.9 Å². The number of nitrogens with zero attached hydrogens (tertiary/aromatic N) is 6. The van der Waals surface area contributed by atoms with Crippen LogP contribution in [0.2, 0.25) is 0 Å². The molecule has 1 fully saturated rings. The molecule has 31 heavy (non-hydrogen) atoms. The molecule has 6 heteroatoms. The van der Waals surface area contributed by atoms with Crippen LogP contribution in [0.1, 0.15) is 24.7 Å². The van der Waals surface area contributed by atoms with E-state index < -0.39 is 0 Å². The molecule has 1 aliphatic heterocycles. The number of anilines is 1. The maximum atomic E-state index is 4.97. The molecular formula is C25H28N6. The minimum atomic E-state index is 0.872. The molecule has 0 saturated carbocycles. The van der Waals surface area contributed by atoms with Crippen molar-refractivity contribution in [2.75, 3.05) is 31.1 Å². The highest BCUT2D eigenvalue weighted by atomic mass is 15.3. The summed E-state index contributed by atoms with van der Waals surface area (Å²) in [5.41, 5.74) is 3.29. The Balaban J connectivity index is 1.42. The van der Waals surface area contributed by atoms with Gasteiger partial charge in [0, 0.05) is 39.1 Å². The van der Waals surface area contributed by atoms with Gasteiger partial charge in [-0.05, 0) is 24.1 Å². The van der Waals surface area contributed by atoms with Gasteiger partial charge in [0.25, 0.3) is 0 Å². The van der Waals surface area contributed by atoms with Crippen LogP contribution >= 0.6 is 0 Å². The summed E-state index contributed by atoms with van der Waals surface area (Å²) < 4.78 is 1.94. The lowest BCUT2D eigenvalue weighted by molar-refractivity contribution is 0.249. The molecule has 0 N–H and O–H groups in total. The van der Waals surface area contributed by atoms with Gasteiger partial charge in [-0.2, -0.15) is 5.10 Å². The van der Waals surface area contributed by atoms with Gasteiger partial charge in [-0.25, -0.2) is 14.6 Å². The number of fused-ring (bicyclic) bond motifs is 1. The van der Waals surface area contributed by atoms with Crippen molar-refractivity contribution in [2.45, 2.75) is 26.3 Å². The van der Waals surface area contributed by atoms with Gasteiger partial charge in [0.1, 0.15) is 11.6 Å². The number of aromatic nitrogens is 4. The second kappa shape index (κ2) is 8.86. The largest absolute Gasteiger partial charge is 0.353 e. The number of hydrogen-bond donors (Lipinski definition) is 0. The van der Waals surface area contributed by atoms with Gasteiger partial charge in [-0.1, -0.05) is 55.5 Å². The van der Waals surface area contributed by atoms with E-state index in [2.05, 4.69) is 64.3 Å². The van der Waals surface area contributed by atoms with Crippen LogP contribution in [0.5, 0.6) is 0 Å². The van der Waals surface area contributed by atoms with Gasteiger partial charge in [0.05, 0.1) is 17.3 Å². The second-order valence-electron chi connectivity index (χ2n) is 8.09. The molecule has 2 aromatic carbocycles. The molecule has 0 radical (unpaired) electrons. The highest BCUT2D eigenvalue weighted by Crippen LogP contribution is 2.27. The molecule has 2 aromatic heterocycles. The smallest absolute Gasteiger partial charge is 0.168 e. The third-order valence-electron chi connectivity index (χ3n) is 5.85. The molecule has 6 nitrogen and oxygen atoms in total. The Morgan fingerprint density at radius 3 is 2.26 bits per heavy atom. The van der Waals surface area contributed by atoms with E-state index in [1.165, 1.54) is 5.56 Å². The third-order valence-corrected chi connectivity index (χ3v) is 5.85. The van der Waals surface area contributed by atoms with E-state index in [4.69, 9.17) is 9.97 Å². The summed E-state index contributed by atoms with van der Waals surface area (Å²) in [4.78, 5) is 14.8. The van der Waals surface area contributed by atoms with E-state index in [1.807, 2.05) is 29.1 Å². The molecule has 0 bridgehead atoms. The first-order chi connectivity index (χ1) is 15.3. The minimum absolute atomic E-state index is 0.872. The zero-order chi connectivity index (χ0) is 21.0. The molecule has 158 valence electrons. The number of para-hydroxylation sites is 1. The Labute approximate surface area is 183 Å². The summed E-state index contributed by atoms with van der Waals surface area (Å²) in [6.07, 6.45) is 3.82. The standard InChI is InChI=1S/C25H28N6/c1-2-9-23-27-24(22-18-26-31(25(22)28-23)21-12-7-4-8-13-21)30-16-14-29(15-17-30)19-20-10-5-3-6-11-20/h3-8,10-13,18H,2,9,14-17,19H2,1H3. The van der Waals surface area contributed by atoms with Crippen LogP contribution in [0.25, 0.3) is 16.7 Å². The first kappa shape index (κ1) is 19.7. The number of rotatable bonds is 6. The van der Waals surface area contributed by atoms with Crippen LogP contribution in [0.3, 0.4) is 0 Å². The fourth-order valence-electron chi connectivity index (χ4n) is 4.23. The van der Waals surface area contributed by atoms with Gasteiger partial charge < -0.3 is 4.90 Å². The Morgan fingerprint density at radius 2 is 1.55 bits per heavy atom. The Kier molecular flexibility index (Phi) is 5.63. The fourth-order valence-corrected chi connectivity index (χ4v) is 4.23. The summed E-state index contributed by atoms with van der Waals surface area (Å²) in [6.45, 7) is 7.14. The molecule has 3 heterocycles. The topological polar surface area (TPSA) is 50.1 Å². The maximum Gasteiger partial charge on any atom is 0.168 e. The summed E-state index contributed by atoms with van der Waals surface area (Å²) in [5.74, 6) is 1.92. The van der Waals surface area contributed by atoms with E-state index in [9.17, 15) is 0 Å². The molecule has 0 unspecified atom stereocenters. The fraction of sp³-hybridized carbons (Fsp3) is 0.320. The molecule has 0 aliphatic carbocycles. The zero-order valence-corrected chi connectivity index (χ0v) is 18.0. The van der Waals surface area contributed by atoms with Gasteiger partial charge >= 0.3 is 0 Å².